The molecule has 1 aliphatic heterocycles. The summed E-state index contributed by atoms with van der Waals surface area (Å²) >= 11 is 1.52. The fraction of sp³-hybridized carbons (Fsp3) is 0.625. The summed E-state index contributed by atoms with van der Waals surface area (Å²) in [7, 11) is 0. The van der Waals surface area contributed by atoms with Gasteiger partial charge in [0.2, 0.25) is 0 Å². The van der Waals surface area contributed by atoms with E-state index in [1.54, 1.807) is 0 Å². The van der Waals surface area contributed by atoms with E-state index in [9.17, 15) is 9.59 Å². The molecule has 2 heterocycles. The number of piperazine rings is 1. The third kappa shape index (κ3) is 3.35. The monoisotopic (exact) mass is 336 g/mol. The van der Waals surface area contributed by atoms with Crippen LogP contribution in [-0.4, -0.2) is 54.5 Å². The molecule has 3 amide bonds. The smallest absolute Gasteiger partial charge is 0.322 e. The molecular weight excluding hydrogens is 312 g/mol. The summed E-state index contributed by atoms with van der Waals surface area (Å²) in [5.74, 6) is -0.435. The molecule has 0 atom stereocenters. The van der Waals surface area contributed by atoms with Crippen LogP contribution in [0.1, 0.15) is 40.6 Å². The van der Waals surface area contributed by atoms with Gasteiger partial charge in [-0.3, -0.25) is 10.1 Å². The lowest BCUT2D eigenvalue weighted by Gasteiger charge is -2.33. The topological polar surface area (TPSA) is 78.7 Å². The molecule has 7 heteroatoms. The number of hydrogen-bond acceptors (Lipinski definition) is 4. The van der Waals surface area contributed by atoms with Crippen LogP contribution in [-0.2, 0) is 12.8 Å². The number of carbonyl (C=O) groups excluding carboxylic acids is 2. The molecule has 1 saturated heterocycles. The van der Waals surface area contributed by atoms with E-state index in [0.29, 0.717) is 10.6 Å². The Labute approximate surface area is 140 Å². The Balaban J connectivity index is 1.74. The van der Waals surface area contributed by atoms with Gasteiger partial charge in [-0.15, -0.1) is 11.3 Å². The maximum absolute atomic E-state index is 12.5. The summed E-state index contributed by atoms with van der Waals surface area (Å²) in [6.45, 7) is 6.37. The number of amides is 3. The molecule has 1 aromatic rings. The van der Waals surface area contributed by atoms with E-state index in [1.165, 1.54) is 16.2 Å². The highest BCUT2D eigenvalue weighted by atomic mass is 32.1. The first-order chi connectivity index (χ1) is 11.1. The second-order valence-corrected chi connectivity index (χ2v) is 7.24. The van der Waals surface area contributed by atoms with Crippen molar-refractivity contribution in [3.8, 4) is 0 Å². The quantitative estimate of drug-likeness (QED) is 0.885. The van der Waals surface area contributed by atoms with Gasteiger partial charge < -0.3 is 15.5 Å². The number of likely N-dealkylation sites (N-methyl/N-ethyl adjacent to an activating group) is 1. The highest BCUT2D eigenvalue weighted by Crippen LogP contribution is 2.38. The summed E-state index contributed by atoms with van der Waals surface area (Å²) in [4.78, 5) is 29.7. The molecule has 23 heavy (non-hydrogen) atoms. The van der Waals surface area contributed by atoms with Crippen LogP contribution < -0.4 is 11.1 Å². The van der Waals surface area contributed by atoms with Gasteiger partial charge in [0.15, 0.2) is 0 Å². The normalized spacial score (nSPS) is 18.6. The molecular formula is C16H24N4O2S. The molecule has 2 aliphatic rings. The molecule has 0 unspecified atom stereocenters. The third-order valence-corrected chi connectivity index (χ3v) is 5.95. The number of thiophene rings is 1. The number of primary amides is 1. The first-order valence-corrected chi connectivity index (χ1v) is 9.14. The van der Waals surface area contributed by atoms with Crippen molar-refractivity contribution in [2.45, 2.75) is 32.6 Å². The van der Waals surface area contributed by atoms with Crippen molar-refractivity contribution in [2.75, 3.05) is 38.0 Å². The van der Waals surface area contributed by atoms with Gasteiger partial charge in [-0.05, 0) is 37.8 Å². The van der Waals surface area contributed by atoms with Gasteiger partial charge >= 0.3 is 6.03 Å². The average Bonchev–Trinajstić information content (AvgIpc) is 2.92. The summed E-state index contributed by atoms with van der Waals surface area (Å²) in [5.41, 5.74) is 7.16. The number of carbonyl (C=O) groups is 2. The predicted molar refractivity (Wildman–Crippen MR) is 92.2 cm³/mol. The van der Waals surface area contributed by atoms with E-state index < -0.39 is 5.91 Å². The Morgan fingerprint density at radius 3 is 2.52 bits per heavy atom. The van der Waals surface area contributed by atoms with Crippen molar-refractivity contribution in [1.82, 2.24) is 9.80 Å². The average molecular weight is 336 g/mol. The number of nitrogens with zero attached hydrogens (tertiary/aromatic N) is 2. The van der Waals surface area contributed by atoms with E-state index >= 15 is 0 Å². The van der Waals surface area contributed by atoms with Gasteiger partial charge in [-0.25, -0.2) is 4.79 Å². The number of nitrogens with one attached hydrogen (secondary N) is 1. The van der Waals surface area contributed by atoms with Gasteiger partial charge in [0.05, 0.1) is 5.56 Å². The van der Waals surface area contributed by atoms with Crippen molar-refractivity contribution < 1.29 is 9.59 Å². The second kappa shape index (κ2) is 6.88. The van der Waals surface area contributed by atoms with Crippen molar-refractivity contribution in [2.24, 2.45) is 5.73 Å². The number of urea groups is 1. The number of fused-ring (bicyclic) bond motifs is 1. The van der Waals surface area contributed by atoms with E-state index in [0.717, 1.165) is 64.0 Å². The van der Waals surface area contributed by atoms with Gasteiger partial charge in [0, 0.05) is 31.1 Å². The number of anilines is 1. The first-order valence-electron chi connectivity index (χ1n) is 8.32. The van der Waals surface area contributed by atoms with Crippen LogP contribution >= 0.6 is 11.3 Å². The minimum atomic E-state index is -0.435. The molecule has 0 spiro atoms. The van der Waals surface area contributed by atoms with E-state index in [-0.39, 0.29) is 6.03 Å². The third-order valence-electron chi connectivity index (χ3n) is 4.74. The SMILES string of the molecule is CCN1CCN(C(=O)Nc2sc3c(c2C(N)=O)CCCC3)CC1. The molecule has 126 valence electrons. The van der Waals surface area contributed by atoms with Crippen LogP contribution in [0.25, 0.3) is 0 Å². The highest BCUT2D eigenvalue weighted by molar-refractivity contribution is 7.17. The summed E-state index contributed by atoms with van der Waals surface area (Å²) < 4.78 is 0. The van der Waals surface area contributed by atoms with Gasteiger partial charge in [-0.1, -0.05) is 6.92 Å². The van der Waals surface area contributed by atoms with Gasteiger partial charge in [0.25, 0.3) is 5.91 Å². The summed E-state index contributed by atoms with van der Waals surface area (Å²) in [5, 5.41) is 3.57. The van der Waals surface area contributed by atoms with Crippen molar-refractivity contribution >= 4 is 28.3 Å². The Morgan fingerprint density at radius 2 is 1.87 bits per heavy atom. The molecule has 6 nitrogen and oxygen atoms in total. The predicted octanol–water partition coefficient (Wildman–Crippen LogP) is 1.90. The molecule has 0 saturated carbocycles. The minimum Gasteiger partial charge on any atom is -0.365 e. The van der Waals surface area contributed by atoms with Crippen molar-refractivity contribution in [3.63, 3.8) is 0 Å². The molecule has 1 fully saturated rings. The standard InChI is InChI=1S/C16H24N4O2S/c1-2-19-7-9-20(10-8-19)16(22)18-15-13(14(17)21)11-5-3-4-6-12(11)23-15/h2-10H2,1H3,(H2,17,21)(H,18,22). The Morgan fingerprint density at radius 1 is 1.17 bits per heavy atom. The van der Waals surface area contributed by atoms with Crippen molar-refractivity contribution in [1.29, 1.82) is 0 Å². The lowest BCUT2D eigenvalue weighted by atomic mass is 9.95. The highest BCUT2D eigenvalue weighted by Gasteiger charge is 2.27. The molecule has 0 radical (unpaired) electrons. The maximum atomic E-state index is 12.5. The number of hydrogen-bond donors (Lipinski definition) is 2. The lowest BCUT2D eigenvalue weighted by Crippen LogP contribution is -2.49. The Kier molecular flexibility index (Phi) is 4.87. The molecule has 3 N–H and O–H groups in total. The van der Waals surface area contributed by atoms with Crippen LogP contribution in [0, 0.1) is 0 Å². The molecule has 3 rings (SSSR count). The van der Waals surface area contributed by atoms with Crippen molar-refractivity contribution in [3.05, 3.63) is 16.0 Å². The zero-order valence-electron chi connectivity index (χ0n) is 13.6. The number of rotatable bonds is 3. The fourth-order valence-electron chi connectivity index (χ4n) is 3.36. The second-order valence-electron chi connectivity index (χ2n) is 6.13. The maximum Gasteiger partial charge on any atom is 0.322 e. The molecule has 1 aliphatic carbocycles. The molecule has 0 bridgehead atoms. The van der Waals surface area contributed by atoms with Crippen LogP contribution in [0.3, 0.4) is 0 Å². The number of aryl methyl sites for hydroxylation is 1. The fourth-order valence-corrected chi connectivity index (χ4v) is 4.64. The minimum absolute atomic E-state index is 0.123. The Bertz CT molecular complexity index is 605. The summed E-state index contributed by atoms with van der Waals surface area (Å²) in [6, 6.07) is -0.123. The summed E-state index contributed by atoms with van der Waals surface area (Å²) in [6.07, 6.45) is 4.08. The first kappa shape index (κ1) is 16.3. The van der Waals surface area contributed by atoms with E-state index in [1.807, 2.05) is 4.90 Å². The van der Waals surface area contributed by atoms with E-state index in [4.69, 9.17) is 5.73 Å². The Hall–Kier alpha value is -1.60. The van der Waals surface area contributed by atoms with Gasteiger partial charge in [-0.2, -0.15) is 0 Å². The van der Waals surface area contributed by atoms with E-state index in [2.05, 4.69) is 17.1 Å². The van der Waals surface area contributed by atoms with Crippen LogP contribution in [0.2, 0.25) is 0 Å². The molecule has 0 aromatic carbocycles. The van der Waals surface area contributed by atoms with Gasteiger partial charge in [0.1, 0.15) is 5.00 Å². The molecule has 1 aromatic heterocycles. The zero-order chi connectivity index (χ0) is 16.4. The van der Waals surface area contributed by atoms with Crippen LogP contribution in [0.4, 0.5) is 9.80 Å². The van der Waals surface area contributed by atoms with Crippen LogP contribution in [0.15, 0.2) is 0 Å². The van der Waals surface area contributed by atoms with Crippen LogP contribution in [0.5, 0.6) is 0 Å². The lowest BCUT2D eigenvalue weighted by molar-refractivity contribution is 0.100. The largest absolute Gasteiger partial charge is 0.365 e. The zero-order valence-corrected chi connectivity index (χ0v) is 14.4. The number of nitrogens with two attached hydrogens (primary N) is 1.